The van der Waals surface area contributed by atoms with E-state index in [0.717, 1.165) is 25.7 Å². The maximum absolute atomic E-state index is 13.0. The SMILES string of the molecule is CC1(C)C(C(=O)O)c2ccccc2C(=O)N1C1CCCCC1. The summed E-state index contributed by atoms with van der Waals surface area (Å²) >= 11 is 0. The van der Waals surface area contributed by atoms with Gasteiger partial charge in [-0.2, -0.15) is 0 Å². The molecular formula is C18H23NO3. The van der Waals surface area contributed by atoms with E-state index in [4.69, 9.17) is 0 Å². The molecule has 1 saturated carbocycles. The number of carboxylic acids is 1. The quantitative estimate of drug-likeness (QED) is 0.910. The Bertz CT molecular complexity index is 602. The molecule has 1 N–H and O–H groups in total. The number of aliphatic carboxylic acids is 1. The molecule has 4 nitrogen and oxygen atoms in total. The Balaban J connectivity index is 2.11. The van der Waals surface area contributed by atoms with Crippen LogP contribution >= 0.6 is 0 Å². The van der Waals surface area contributed by atoms with E-state index in [9.17, 15) is 14.7 Å². The molecule has 22 heavy (non-hydrogen) atoms. The zero-order chi connectivity index (χ0) is 15.9. The van der Waals surface area contributed by atoms with Crippen LogP contribution in [-0.2, 0) is 4.79 Å². The molecule has 2 aliphatic rings. The normalized spacial score (nSPS) is 24.9. The van der Waals surface area contributed by atoms with Gasteiger partial charge >= 0.3 is 5.97 Å². The number of benzene rings is 1. The molecule has 1 heterocycles. The molecule has 1 atom stereocenters. The monoisotopic (exact) mass is 301 g/mol. The molecule has 1 fully saturated rings. The van der Waals surface area contributed by atoms with Gasteiger partial charge in [0.1, 0.15) is 5.92 Å². The smallest absolute Gasteiger partial charge is 0.313 e. The predicted octanol–water partition coefficient (Wildman–Crippen LogP) is 3.42. The first kappa shape index (κ1) is 15.1. The predicted molar refractivity (Wildman–Crippen MR) is 83.9 cm³/mol. The fourth-order valence-corrected chi connectivity index (χ4v) is 4.27. The van der Waals surface area contributed by atoms with Crippen LogP contribution in [0, 0.1) is 0 Å². The molecule has 1 aliphatic carbocycles. The van der Waals surface area contributed by atoms with Gasteiger partial charge in [-0.3, -0.25) is 9.59 Å². The summed E-state index contributed by atoms with van der Waals surface area (Å²) in [7, 11) is 0. The van der Waals surface area contributed by atoms with E-state index >= 15 is 0 Å². The molecule has 0 aromatic heterocycles. The van der Waals surface area contributed by atoms with E-state index in [1.54, 1.807) is 12.1 Å². The van der Waals surface area contributed by atoms with Crippen LogP contribution < -0.4 is 0 Å². The van der Waals surface area contributed by atoms with Crippen LogP contribution in [0.25, 0.3) is 0 Å². The van der Waals surface area contributed by atoms with Crippen LogP contribution in [0.2, 0.25) is 0 Å². The van der Waals surface area contributed by atoms with E-state index in [1.807, 2.05) is 30.9 Å². The number of carbonyl (C=O) groups excluding carboxylic acids is 1. The summed E-state index contributed by atoms with van der Waals surface area (Å²) in [6.45, 7) is 3.79. The number of amides is 1. The van der Waals surface area contributed by atoms with Crippen molar-refractivity contribution >= 4 is 11.9 Å². The maximum Gasteiger partial charge on any atom is 0.313 e. The molecule has 3 rings (SSSR count). The van der Waals surface area contributed by atoms with Gasteiger partial charge in [0.2, 0.25) is 0 Å². The lowest BCUT2D eigenvalue weighted by molar-refractivity contribution is -0.142. The first-order valence-electron chi connectivity index (χ1n) is 8.10. The second kappa shape index (κ2) is 5.41. The van der Waals surface area contributed by atoms with Crippen molar-refractivity contribution < 1.29 is 14.7 Å². The van der Waals surface area contributed by atoms with Crippen molar-refractivity contribution in [3.05, 3.63) is 35.4 Å². The largest absolute Gasteiger partial charge is 0.481 e. The van der Waals surface area contributed by atoms with Crippen LogP contribution in [0.1, 0.15) is 67.8 Å². The lowest BCUT2D eigenvalue weighted by atomic mass is 9.73. The topological polar surface area (TPSA) is 57.6 Å². The summed E-state index contributed by atoms with van der Waals surface area (Å²) in [5.74, 6) is -1.54. The van der Waals surface area contributed by atoms with E-state index in [2.05, 4.69) is 0 Å². The van der Waals surface area contributed by atoms with Crippen molar-refractivity contribution in [3.63, 3.8) is 0 Å². The number of carboxylic acid groups (broad SMARTS) is 1. The first-order valence-corrected chi connectivity index (χ1v) is 8.10. The number of carbonyl (C=O) groups is 2. The van der Waals surface area contributed by atoms with Gasteiger partial charge in [-0.15, -0.1) is 0 Å². The Morgan fingerprint density at radius 1 is 1.18 bits per heavy atom. The lowest BCUT2D eigenvalue weighted by Gasteiger charge is -2.51. The molecule has 0 saturated heterocycles. The number of hydrogen-bond acceptors (Lipinski definition) is 2. The van der Waals surface area contributed by atoms with Crippen molar-refractivity contribution in [2.45, 2.75) is 63.5 Å². The molecule has 4 heteroatoms. The molecule has 0 spiro atoms. The average Bonchev–Trinajstić information content (AvgIpc) is 2.47. The van der Waals surface area contributed by atoms with Crippen molar-refractivity contribution in [1.82, 2.24) is 4.90 Å². The number of nitrogens with zero attached hydrogens (tertiary/aromatic N) is 1. The fourth-order valence-electron chi connectivity index (χ4n) is 4.27. The molecular weight excluding hydrogens is 278 g/mol. The zero-order valence-electron chi connectivity index (χ0n) is 13.2. The third-order valence-electron chi connectivity index (χ3n) is 5.24. The molecule has 1 amide bonds. The van der Waals surface area contributed by atoms with Gasteiger partial charge in [0.15, 0.2) is 0 Å². The third-order valence-corrected chi connectivity index (χ3v) is 5.24. The second-order valence-electron chi connectivity index (χ2n) is 6.98. The van der Waals surface area contributed by atoms with E-state index < -0.39 is 17.4 Å². The minimum atomic E-state index is -0.856. The number of rotatable bonds is 2. The highest BCUT2D eigenvalue weighted by Crippen LogP contribution is 2.43. The number of hydrogen-bond donors (Lipinski definition) is 1. The Morgan fingerprint density at radius 2 is 1.82 bits per heavy atom. The fraction of sp³-hybridized carbons (Fsp3) is 0.556. The van der Waals surface area contributed by atoms with Gasteiger partial charge < -0.3 is 10.0 Å². The van der Waals surface area contributed by atoms with Gasteiger partial charge in [-0.25, -0.2) is 0 Å². The van der Waals surface area contributed by atoms with Gasteiger partial charge in [0.25, 0.3) is 5.91 Å². The standard InChI is InChI=1S/C18H23NO3/c1-18(2)15(17(21)22)13-10-6-7-11-14(13)16(20)19(18)12-8-4-3-5-9-12/h6-7,10-12,15H,3-5,8-9H2,1-2H3,(H,21,22). The van der Waals surface area contributed by atoms with Crippen molar-refractivity contribution in [1.29, 1.82) is 0 Å². The molecule has 1 aromatic rings. The van der Waals surface area contributed by atoms with Crippen molar-refractivity contribution in [2.24, 2.45) is 0 Å². The van der Waals surface area contributed by atoms with Crippen LogP contribution in [0.15, 0.2) is 24.3 Å². The molecule has 1 unspecified atom stereocenters. The Kier molecular flexibility index (Phi) is 3.71. The Morgan fingerprint density at radius 3 is 2.45 bits per heavy atom. The summed E-state index contributed by atoms with van der Waals surface area (Å²) < 4.78 is 0. The van der Waals surface area contributed by atoms with Crippen molar-refractivity contribution in [2.75, 3.05) is 0 Å². The third kappa shape index (κ3) is 2.21. The molecule has 1 aliphatic heterocycles. The van der Waals surface area contributed by atoms with E-state index in [-0.39, 0.29) is 11.9 Å². The van der Waals surface area contributed by atoms with Gasteiger partial charge in [0, 0.05) is 11.6 Å². The first-order chi connectivity index (χ1) is 10.4. The lowest BCUT2D eigenvalue weighted by Crippen LogP contribution is -2.61. The molecule has 0 bridgehead atoms. The van der Waals surface area contributed by atoms with Crippen LogP contribution in [-0.4, -0.2) is 33.5 Å². The Hall–Kier alpha value is -1.84. The molecule has 1 aromatic carbocycles. The number of fused-ring (bicyclic) bond motifs is 1. The van der Waals surface area contributed by atoms with E-state index in [1.165, 1.54) is 6.42 Å². The summed E-state index contributed by atoms with van der Waals surface area (Å²) in [5, 5.41) is 9.79. The van der Waals surface area contributed by atoms with E-state index in [0.29, 0.717) is 11.1 Å². The summed E-state index contributed by atoms with van der Waals surface area (Å²) in [6.07, 6.45) is 5.39. The van der Waals surface area contributed by atoms with Gasteiger partial charge in [0.05, 0.1) is 5.54 Å². The maximum atomic E-state index is 13.0. The molecule has 0 radical (unpaired) electrons. The Labute approximate surface area is 131 Å². The summed E-state index contributed by atoms with van der Waals surface area (Å²) in [6, 6.07) is 7.33. The highest BCUT2D eigenvalue weighted by Gasteiger charge is 2.51. The van der Waals surface area contributed by atoms with Crippen molar-refractivity contribution in [3.8, 4) is 0 Å². The van der Waals surface area contributed by atoms with Gasteiger partial charge in [-0.05, 0) is 38.3 Å². The minimum Gasteiger partial charge on any atom is -0.481 e. The van der Waals surface area contributed by atoms with Crippen LogP contribution in [0.4, 0.5) is 0 Å². The van der Waals surface area contributed by atoms with Crippen LogP contribution in [0.5, 0.6) is 0 Å². The zero-order valence-corrected chi connectivity index (χ0v) is 13.2. The highest BCUT2D eigenvalue weighted by molar-refractivity contribution is 6.01. The average molecular weight is 301 g/mol. The highest BCUT2D eigenvalue weighted by atomic mass is 16.4. The minimum absolute atomic E-state index is 0.00926. The second-order valence-corrected chi connectivity index (χ2v) is 6.98. The molecule has 118 valence electrons. The summed E-state index contributed by atoms with van der Waals surface area (Å²) in [4.78, 5) is 26.8. The van der Waals surface area contributed by atoms with Gasteiger partial charge in [-0.1, -0.05) is 37.5 Å². The summed E-state index contributed by atoms with van der Waals surface area (Å²) in [5.41, 5.74) is 0.496. The van der Waals surface area contributed by atoms with Crippen LogP contribution in [0.3, 0.4) is 0 Å².